The summed E-state index contributed by atoms with van der Waals surface area (Å²) in [5.74, 6) is 0.0674. The van der Waals surface area contributed by atoms with Gasteiger partial charge in [0.05, 0.1) is 6.04 Å². The average Bonchev–Trinajstić information content (AvgIpc) is 3.11. The van der Waals surface area contributed by atoms with Crippen LogP contribution >= 0.6 is 24.0 Å². The second-order valence-corrected chi connectivity index (χ2v) is 8.45. The number of carbonyl (C=O) groups excluding carboxylic acids is 1. The van der Waals surface area contributed by atoms with Gasteiger partial charge >= 0.3 is 6.09 Å². The number of rotatable bonds is 3. The number of aromatic nitrogens is 1. The third-order valence-corrected chi connectivity index (χ3v) is 6.45. The number of aryl methyl sites for hydroxylation is 1. The van der Waals surface area contributed by atoms with Gasteiger partial charge in [-0.05, 0) is 40.8 Å². The fraction of sp³-hybridized carbons (Fsp3) is 0.280. The van der Waals surface area contributed by atoms with E-state index in [1.807, 2.05) is 25.1 Å². The smallest absolute Gasteiger partial charge is 0.409 e. The van der Waals surface area contributed by atoms with E-state index < -0.39 is 0 Å². The largest absolute Gasteiger partial charge is 0.448 e. The molecule has 0 saturated carbocycles. The number of ether oxygens (including phenoxy) is 1. The Morgan fingerprint density at radius 2 is 1.72 bits per heavy atom. The van der Waals surface area contributed by atoms with E-state index in [4.69, 9.17) is 16.3 Å². The Bertz CT molecular complexity index is 1090. The van der Waals surface area contributed by atoms with E-state index in [0.717, 1.165) is 11.3 Å². The molecule has 5 rings (SSSR count). The van der Waals surface area contributed by atoms with Gasteiger partial charge in [-0.15, -0.1) is 12.4 Å². The Balaban J connectivity index is 0.00000245. The Morgan fingerprint density at radius 1 is 1.06 bits per heavy atom. The van der Waals surface area contributed by atoms with E-state index in [2.05, 4.69) is 46.7 Å². The predicted molar refractivity (Wildman–Crippen MR) is 129 cm³/mol. The molecule has 32 heavy (non-hydrogen) atoms. The van der Waals surface area contributed by atoms with Crippen molar-refractivity contribution in [2.45, 2.75) is 18.9 Å². The molecule has 1 fully saturated rings. The van der Waals surface area contributed by atoms with Crippen molar-refractivity contribution in [1.29, 1.82) is 0 Å². The predicted octanol–water partition coefficient (Wildman–Crippen LogP) is 5.36. The van der Waals surface area contributed by atoms with Crippen molar-refractivity contribution in [2.24, 2.45) is 0 Å². The second-order valence-electron chi connectivity index (χ2n) is 8.07. The molecule has 0 bridgehead atoms. The summed E-state index contributed by atoms with van der Waals surface area (Å²) >= 11 is 5.99. The van der Waals surface area contributed by atoms with E-state index in [-0.39, 0.29) is 30.5 Å². The van der Waals surface area contributed by atoms with Crippen molar-refractivity contribution >= 4 is 30.1 Å². The summed E-state index contributed by atoms with van der Waals surface area (Å²) in [7, 11) is 0. The molecule has 1 amide bonds. The fourth-order valence-electron chi connectivity index (χ4n) is 4.72. The molecule has 5 nitrogen and oxygen atoms in total. The summed E-state index contributed by atoms with van der Waals surface area (Å²) in [5, 5.41) is 3.95. The van der Waals surface area contributed by atoms with Crippen molar-refractivity contribution in [3.05, 3.63) is 88.2 Å². The molecule has 1 aliphatic heterocycles. The molecule has 2 aromatic carbocycles. The highest BCUT2D eigenvalue weighted by Gasteiger charge is 2.31. The Labute approximate surface area is 199 Å². The number of hydrogen-bond acceptors (Lipinski definition) is 4. The van der Waals surface area contributed by atoms with Crippen LogP contribution in [0.4, 0.5) is 4.79 Å². The maximum Gasteiger partial charge on any atom is 0.409 e. The molecule has 1 unspecified atom stereocenters. The van der Waals surface area contributed by atoms with Crippen molar-refractivity contribution < 1.29 is 9.53 Å². The monoisotopic (exact) mass is 469 g/mol. The van der Waals surface area contributed by atoms with Crippen molar-refractivity contribution in [3.63, 3.8) is 0 Å². The van der Waals surface area contributed by atoms with Crippen LogP contribution in [0.25, 0.3) is 11.1 Å². The van der Waals surface area contributed by atoms with Gasteiger partial charge in [-0.3, -0.25) is 0 Å². The number of amides is 1. The minimum Gasteiger partial charge on any atom is -0.448 e. The number of fused-ring (bicyclic) bond motifs is 3. The van der Waals surface area contributed by atoms with Gasteiger partial charge in [-0.1, -0.05) is 66.2 Å². The third-order valence-electron chi connectivity index (χ3n) is 6.24. The van der Waals surface area contributed by atoms with Crippen molar-refractivity contribution in [3.8, 4) is 11.1 Å². The maximum atomic E-state index is 12.9. The number of pyridine rings is 1. The van der Waals surface area contributed by atoms with E-state index in [1.54, 1.807) is 11.0 Å². The van der Waals surface area contributed by atoms with Crippen LogP contribution in [0.3, 0.4) is 0 Å². The maximum absolute atomic E-state index is 12.9. The van der Waals surface area contributed by atoms with Gasteiger partial charge in [0.2, 0.25) is 0 Å². The van der Waals surface area contributed by atoms with Crippen LogP contribution in [0, 0.1) is 6.92 Å². The van der Waals surface area contributed by atoms with Gasteiger partial charge < -0.3 is 15.0 Å². The summed E-state index contributed by atoms with van der Waals surface area (Å²) in [6.45, 7) is 4.14. The van der Waals surface area contributed by atoms with Crippen LogP contribution in [-0.2, 0) is 4.74 Å². The Hall–Kier alpha value is -2.60. The van der Waals surface area contributed by atoms with Gasteiger partial charge in [-0.2, -0.15) is 0 Å². The first-order chi connectivity index (χ1) is 15.1. The highest BCUT2D eigenvalue weighted by atomic mass is 35.5. The van der Waals surface area contributed by atoms with E-state index in [0.29, 0.717) is 31.4 Å². The quantitative estimate of drug-likeness (QED) is 0.524. The molecule has 0 spiro atoms. The van der Waals surface area contributed by atoms with Crippen LogP contribution in [0.1, 0.15) is 34.3 Å². The zero-order chi connectivity index (χ0) is 21.4. The molecule has 1 aliphatic carbocycles. The number of nitrogens with zero attached hydrogens (tertiary/aromatic N) is 2. The topological polar surface area (TPSA) is 54.5 Å². The number of carbonyl (C=O) groups is 1. The first-order valence-electron chi connectivity index (χ1n) is 10.6. The summed E-state index contributed by atoms with van der Waals surface area (Å²) in [6.07, 6.45) is -0.270. The molecular weight excluding hydrogens is 445 g/mol. The van der Waals surface area contributed by atoms with Gasteiger partial charge in [0.15, 0.2) is 0 Å². The molecule has 7 heteroatoms. The molecule has 1 saturated heterocycles. The molecule has 1 N–H and O–H groups in total. The summed E-state index contributed by atoms with van der Waals surface area (Å²) < 4.78 is 5.84. The lowest BCUT2D eigenvalue weighted by atomic mass is 9.98. The van der Waals surface area contributed by atoms with E-state index in [1.165, 1.54) is 22.3 Å². The number of halogens is 2. The summed E-state index contributed by atoms with van der Waals surface area (Å²) in [6, 6.07) is 20.5. The molecule has 1 atom stereocenters. The lowest BCUT2D eigenvalue weighted by Crippen LogP contribution is -2.48. The highest BCUT2D eigenvalue weighted by molar-refractivity contribution is 6.29. The molecule has 0 radical (unpaired) electrons. The lowest BCUT2D eigenvalue weighted by molar-refractivity contribution is 0.0882. The van der Waals surface area contributed by atoms with E-state index in [9.17, 15) is 4.79 Å². The Kier molecular flexibility index (Phi) is 6.70. The molecule has 166 valence electrons. The SMILES string of the molecule is Cc1nc(Cl)ccc1C1CN(C(=O)OCC2c3ccccc3-c3ccccc32)CCN1.Cl. The number of piperazine rings is 1. The first kappa shape index (κ1) is 22.6. The normalized spacial score (nSPS) is 17.3. The van der Waals surface area contributed by atoms with E-state index >= 15 is 0 Å². The van der Waals surface area contributed by atoms with Crippen LogP contribution in [0.2, 0.25) is 5.15 Å². The minimum atomic E-state index is -0.270. The number of nitrogens with one attached hydrogen (secondary N) is 1. The average molecular weight is 470 g/mol. The standard InChI is InChI=1S/C25H24ClN3O2.ClH/c1-16-17(10-11-24(26)28-16)23-14-29(13-12-27-23)25(30)31-15-22-20-8-4-2-6-18(20)19-7-3-5-9-21(19)22;/h2-11,22-23,27H,12-15H2,1H3;1H. The molecule has 3 aromatic rings. The second kappa shape index (κ2) is 9.49. The molecule has 1 aromatic heterocycles. The van der Waals surface area contributed by atoms with Crippen molar-refractivity contribution in [1.82, 2.24) is 15.2 Å². The van der Waals surface area contributed by atoms with Gasteiger partial charge in [0.25, 0.3) is 0 Å². The summed E-state index contributed by atoms with van der Waals surface area (Å²) in [4.78, 5) is 19.1. The minimum absolute atomic E-state index is 0. The molecular formula is C25H25Cl2N3O2. The van der Waals surface area contributed by atoms with Crippen LogP contribution in [-0.4, -0.2) is 42.2 Å². The van der Waals surface area contributed by atoms with Gasteiger partial charge in [0.1, 0.15) is 11.8 Å². The number of benzene rings is 2. The fourth-order valence-corrected chi connectivity index (χ4v) is 4.91. The van der Waals surface area contributed by atoms with Gasteiger partial charge in [-0.25, -0.2) is 9.78 Å². The molecule has 2 heterocycles. The lowest BCUT2D eigenvalue weighted by Gasteiger charge is -2.34. The summed E-state index contributed by atoms with van der Waals surface area (Å²) in [5.41, 5.74) is 6.83. The highest BCUT2D eigenvalue weighted by Crippen LogP contribution is 2.44. The third kappa shape index (κ3) is 4.20. The Morgan fingerprint density at radius 3 is 2.38 bits per heavy atom. The zero-order valence-electron chi connectivity index (χ0n) is 17.8. The zero-order valence-corrected chi connectivity index (χ0v) is 19.3. The first-order valence-corrected chi connectivity index (χ1v) is 11.0. The van der Waals surface area contributed by atoms with Crippen LogP contribution < -0.4 is 5.32 Å². The molecule has 2 aliphatic rings. The van der Waals surface area contributed by atoms with Gasteiger partial charge in [0, 0.05) is 31.2 Å². The van der Waals surface area contributed by atoms with Crippen LogP contribution in [0.15, 0.2) is 60.7 Å². The van der Waals surface area contributed by atoms with Crippen molar-refractivity contribution in [2.75, 3.05) is 26.2 Å². The number of hydrogen-bond donors (Lipinski definition) is 1. The van der Waals surface area contributed by atoms with Crippen LogP contribution in [0.5, 0.6) is 0 Å².